The van der Waals surface area contributed by atoms with Crippen LogP contribution in [0.15, 0.2) is 54.7 Å². The Bertz CT molecular complexity index is 894. The number of aryl methyl sites for hydroxylation is 3. The predicted octanol–water partition coefficient (Wildman–Crippen LogP) is 5.56. The van der Waals surface area contributed by atoms with Crippen molar-refractivity contribution in [2.24, 2.45) is 5.92 Å². The van der Waals surface area contributed by atoms with Crippen LogP contribution in [0.5, 0.6) is 0 Å². The first-order valence-electron chi connectivity index (χ1n) is 9.88. The standard InChI is InChI=1S/C24H28N2/c1-18-7-6-14-26(17-18)24-15-22(25-16-19(24)2)13-12-21-10-5-9-20-8-3-4-11-23(20)21/h3-5,8-11,15-16,18H,6-7,12-14,17H2,1-2H3. The zero-order chi connectivity index (χ0) is 17.9. The highest BCUT2D eigenvalue weighted by Gasteiger charge is 2.18. The molecule has 0 saturated carbocycles. The maximum Gasteiger partial charge on any atom is 0.0429 e. The third-order valence-electron chi connectivity index (χ3n) is 5.66. The van der Waals surface area contributed by atoms with Crippen molar-refractivity contribution in [1.29, 1.82) is 0 Å². The molecule has 2 aromatic carbocycles. The van der Waals surface area contributed by atoms with Crippen LogP contribution in [0.2, 0.25) is 0 Å². The number of rotatable bonds is 4. The third kappa shape index (κ3) is 3.60. The topological polar surface area (TPSA) is 16.1 Å². The van der Waals surface area contributed by atoms with E-state index in [9.17, 15) is 0 Å². The molecule has 0 bridgehead atoms. The molecule has 2 heterocycles. The third-order valence-corrected chi connectivity index (χ3v) is 5.66. The molecule has 1 aliphatic rings. The first-order valence-corrected chi connectivity index (χ1v) is 9.88. The summed E-state index contributed by atoms with van der Waals surface area (Å²) in [5.41, 5.74) is 5.31. The summed E-state index contributed by atoms with van der Waals surface area (Å²) < 4.78 is 0. The summed E-state index contributed by atoms with van der Waals surface area (Å²) >= 11 is 0. The van der Waals surface area contributed by atoms with E-state index in [1.54, 1.807) is 0 Å². The summed E-state index contributed by atoms with van der Waals surface area (Å²) in [4.78, 5) is 7.28. The van der Waals surface area contributed by atoms with Gasteiger partial charge in [0, 0.05) is 30.7 Å². The highest BCUT2D eigenvalue weighted by molar-refractivity contribution is 5.85. The maximum atomic E-state index is 4.72. The van der Waals surface area contributed by atoms with E-state index in [2.05, 4.69) is 73.5 Å². The van der Waals surface area contributed by atoms with Crippen molar-refractivity contribution in [3.05, 3.63) is 71.5 Å². The van der Waals surface area contributed by atoms with Crippen molar-refractivity contribution in [1.82, 2.24) is 4.98 Å². The molecule has 1 atom stereocenters. The molecule has 2 nitrogen and oxygen atoms in total. The van der Waals surface area contributed by atoms with Crippen molar-refractivity contribution in [2.45, 2.75) is 39.5 Å². The maximum absolute atomic E-state index is 4.72. The van der Waals surface area contributed by atoms with Gasteiger partial charge in [-0.05, 0) is 66.5 Å². The average Bonchev–Trinajstić information content (AvgIpc) is 2.67. The van der Waals surface area contributed by atoms with Crippen LogP contribution in [0.3, 0.4) is 0 Å². The number of aromatic nitrogens is 1. The van der Waals surface area contributed by atoms with Crippen molar-refractivity contribution >= 4 is 16.5 Å². The lowest BCUT2D eigenvalue weighted by atomic mass is 9.98. The van der Waals surface area contributed by atoms with E-state index < -0.39 is 0 Å². The van der Waals surface area contributed by atoms with E-state index in [1.165, 1.54) is 59.2 Å². The number of pyridine rings is 1. The molecule has 0 radical (unpaired) electrons. The summed E-state index contributed by atoms with van der Waals surface area (Å²) in [6.07, 6.45) is 6.74. The van der Waals surface area contributed by atoms with E-state index >= 15 is 0 Å². The van der Waals surface area contributed by atoms with Crippen LogP contribution < -0.4 is 4.90 Å². The molecule has 1 aliphatic heterocycles. The lowest BCUT2D eigenvalue weighted by molar-refractivity contribution is 0.446. The highest BCUT2D eigenvalue weighted by atomic mass is 15.1. The smallest absolute Gasteiger partial charge is 0.0429 e. The Morgan fingerprint density at radius 1 is 1.08 bits per heavy atom. The molecule has 0 amide bonds. The molecule has 2 heteroatoms. The molecule has 134 valence electrons. The van der Waals surface area contributed by atoms with Crippen LogP contribution in [0.25, 0.3) is 10.8 Å². The Morgan fingerprint density at radius 3 is 2.81 bits per heavy atom. The van der Waals surface area contributed by atoms with Gasteiger partial charge in [-0.2, -0.15) is 0 Å². The largest absolute Gasteiger partial charge is 0.371 e. The quantitative estimate of drug-likeness (QED) is 0.615. The second kappa shape index (κ2) is 7.49. The first-order chi connectivity index (χ1) is 12.7. The molecule has 26 heavy (non-hydrogen) atoms. The van der Waals surface area contributed by atoms with Crippen LogP contribution in [0.1, 0.15) is 36.6 Å². The number of anilines is 1. The number of hydrogen-bond donors (Lipinski definition) is 0. The van der Waals surface area contributed by atoms with Gasteiger partial charge >= 0.3 is 0 Å². The minimum atomic E-state index is 0.787. The van der Waals surface area contributed by atoms with Crippen LogP contribution in [0.4, 0.5) is 5.69 Å². The molecular formula is C24H28N2. The zero-order valence-electron chi connectivity index (χ0n) is 15.9. The van der Waals surface area contributed by atoms with Crippen molar-refractivity contribution in [3.8, 4) is 0 Å². The SMILES string of the molecule is Cc1cnc(CCc2cccc3ccccc23)cc1N1CCCC(C)C1. The Balaban J connectivity index is 1.54. The van der Waals surface area contributed by atoms with Gasteiger partial charge in [0.2, 0.25) is 0 Å². The number of fused-ring (bicyclic) bond motifs is 1. The lowest BCUT2D eigenvalue weighted by Gasteiger charge is -2.34. The average molecular weight is 345 g/mol. The molecule has 0 spiro atoms. The highest BCUT2D eigenvalue weighted by Crippen LogP contribution is 2.27. The molecule has 1 unspecified atom stereocenters. The number of hydrogen-bond acceptors (Lipinski definition) is 2. The Morgan fingerprint density at radius 2 is 1.92 bits per heavy atom. The molecule has 1 aromatic heterocycles. The number of nitrogens with zero attached hydrogens (tertiary/aromatic N) is 2. The second-order valence-corrected chi connectivity index (χ2v) is 7.79. The molecule has 0 aliphatic carbocycles. The molecule has 0 N–H and O–H groups in total. The van der Waals surface area contributed by atoms with Crippen LogP contribution in [0, 0.1) is 12.8 Å². The summed E-state index contributed by atoms with van der Waals surface area (Å²) in [7, 11) is 0. The first kappa shape index (κ1) is 17.1. The summed E-state index contributed by atoms with van der Waals surface area (Å²) in [5, 5.41) is 2.69. The van der Waals surface area contributed by atoms with Crippen molar-refractivity contribution in [3.63, 3.8) is 0 Å². The second-order valence-electron chi connectivity index (χ2n) is 7.79. The molecular weight excluding hydrogens is 316 g/mol. The number of benzene rings is 2. The van der Waals surface area contributed by atoms with Gasteiger partial charge in [0.25, 0.3) is 0 Å². The van der Waals surface area contributed by atoms with Gasteiger partial charge in [-0.15, -0.1) is 0 Å². The fourth-order valence-corrected chi connectivity index (χ4v) is 4.21. The van der Waals surface area contributed by atoms with Gasteiger partial charge in [0.05, 0.1) is 0 Å². The summed E-state index contributed by atoms with van der Waals surface area (Å²) in [6.45, 7) is 6.91. The van der Waals surface area contributed by atoms with Crippen LogP contribution >= 0.6 is 0 Å². The Hall–Kier alpha value is -2.35. The van der Waals surface area contributed by atoms with Gasteiger partial charge in [0.1, 0.15) is 0 Å². The number of piperidine rings is 1. The van der Waals surface area contributed by atoms with Gasteiger partial charge in [-0.25, -0.2) is 0 Å². The Kier molecular flexibility index (Phi) is 4.92. The van der Waals surface area contributed by atoms with E-state index in [-0.39, 0.29) is 0 Å². The fourth-order valence-electron chi connectivity index (χ4n) is 4.21. The Labute approximate surface area is 156 Å². The molecule has 3 aromatic rings. The van der Waals surface area contributed by atoms with E-state index in [1.807, 2.05) is 0 Å². The van der Waals surface area contributed by atoms with E-state index in [0.29, 0.717) is 0 Å². The molecule has 4 rings (SSSR count). The summed E-state index contributed by atoms with van der Waals surface area (Å²) in [5.74, 6) is 0.787. The lowest BCUT2D eigenvalue weighted by Crippen LogP contribution is -2.34. The predicted molar refractivity (Wildman–Crippen MR) is 111 cm³/mol. The normalized spacial score (nSPS) is 17.6. The minimum absolute atomic E-state index is 0.787. The molecule has 1 saturated heterocycles. The van der Waals surface area contributed by atoms with E-state index in [0.717, 1.165) is 18.8 Å². The van der Waals surface area contributed by atoms with Crippen LogP contribution in [-0.2, 0) is 12.8 Å². The fraction of sp³-hybridized carbons (Fsp3) is 0.375. The van der Waals surface area contributed by atoms with Crippen molar-refractivity contribution in [2.75, 3.05) is 18.0 Å². The van der Waals surface area contributed by atoms with Gasteiger partial charge in [0.15, 0.2) is 0 Å². The zero-order valence-corrected chi connectivity index (χ0v) is 15.9. The van der Waals surface area contributed by atoms with Gasteiger partial charge in [-0.1, -0.05) is 49.4 Å². The van der Waals surface area contributed by atoms with Gasteiger partial charge < -0.3 is 4.90 Å². The van der Waals surface area contributed by atoms with Crippen molar-refractivity contribution < 1.29 is 0 Å². The molecule has 1 fully saturated rings. The van der Waals surface area contributed by atoms with E-state index in [4.69, 9.17) is 4.98 Å². The summed E-state index contributed by atoms with van der Waals surface area (Å²) in [6, 6.07) is 17.6. The monoisotopic (exact) mass is 344 g/mol. The van der Waals surface area contributed by atoms with Crippen LogP contribution in [-0.4, -0.2) is 18.1 Å². The van der Waals surface area contributed by atoms with Gasteiger partial charge in [-0.3, -0.25) is 4.98 Å². The minimum Gasteiger partial charge on any atom is -0.371 e.